The van der Waals surface area contributed by atoms with Crippen LogP contribution in [0.3, 0.4) is 0 Å². The van der Waals surface area contributed by atoms with Crippen molar-refractivity contribution in [1.29, 1.82) is 0 Å². The lowest BCUT2D eigenvalue weighted by molar-refractivity contribution is 0.214. The largest absolute Gasteiger partial charge is 0.497 e. The summed E-state index contributed by atoms with van der Waals surface area (Å²) in [6, 6.07) is 12.6. The average molecular weight is 312 g/mol. The minimum Gasteiger partial charge on any atom is -0.497 e. The SMILES string of the molecule is COc1cccc(C(CN)Oc2cc(Cl)ccc2Cl)c1. The third kappa shape index (κ3) is 3.57. The molecule has 5 heteroatoms. The van der Waals surface area contributed by atoms with Gasteiger partial charge in [0.1, 0.15) is 17.6 Å². The monoisotopic (exact) mass is 311 g/mol. The molecule has 0 saturated carbocycles. The van der Waals surface area contributed by atoms with E-state index in [-0.39, 0.29) is 6.10 Å². The topological polar surface area (TPSA) is 44.5 Å². The maximum absolute atomic E-state index is 6.09. The number of hydrogen-bond acceptors (Lipinski definition) is 3. The molecule has 2 aromatic carbocycles. The molecule has 0 spiro atoms. The molecule has 0 radical (unpaired) electrons. The Labute approximate surface area is 128 Å². The van der Waals surface area contributed by atoms with Gasteiger partial charge in [-0.25, -0.2) is 0 Å². The molecule has 2 N–H and O–H groups in total. The van der Waals surface area contributed by atoms with Crippen molar-refractivity contribution in [1.82, 2.24) is 0 Å². The van der Waals surface area contributed by atoms with Crippen LogP contribution in [0.5, 0.6) is 11.5 Å². The number of ether oxygens (including phenoxy) is 2. The molecular formula is C15H15Cl2NO2. The number of hydrogen-bond donors (Lipinski definition) is 1. The van der Waals surface area contributed by atoms with Gasteiger partial charge in [0, 0.05) is 17.6 Å². The van der Waals surface area contributed by atoms with Crippen LogP contribution in [0.15, 0.2) is 42.5 Å². The van der Waals surface area contributed by atoms with Crippen LogP contribution in [-0.2, 0) is 0 Å². The van der Waals surface area contributed by atoms with Gasteiger partial charge in [-0.1, -0.05) is 35.3 Å². The van der Waals surface area contributed by atoms with Crippen molar-refractivity contribution in [2.45, 2.75) is 6.10 Å². The third-order valence-electron chi connectivity index (χ3n) is 2.84. The summed E-state index contributed by atoms with van der Waals surface area (Å²) in [7, 11) is 1.62. The fourth-order valence-electron chi connectivity index (χ4n) is 1.81. The van der Waals surface area contributed by atoms with Crippen molar-refractivity contribution in [2.24, 2.45) is 5.73 Å². The lowest BCUT2D eigenvalue weighted by Gasteiger charge is -2.19. The van der Waals surface area contributed by atoms with Crippen LogP contribution < -0.4 is 15.2 Å². The highest BCUT2D eigenvalue weighted by atomic mass is 35.5. The molecule has 0 amide bonds. The fraction of sp³-hybridized carbons (Fsp3) is 0.200. The summed E-state index contributed by atoms with van der Waals surface area (Å²) in [6.07, 6.45) is -0.318. The molecule has 20 heavy (non-hydrogen) atoms. The van der Waals surface area contributed by atoms with Crippen molar-refractivity contribution >= 4 is 23.2 Å². The molecule has 0 fully saturated rings. The van der Waals surface area contributed by atoms with Crippen LogP contribution in [0, 0.1) is 0 Å². The molecule has 106 valence electrons. The van der Waals surface area contributed by atoms with E-state index in [0.717, 1.165) is 11.3 Å². The standard InChI is InChI=1S/C15H15Cl2NO2/c1-19-12-4-2-3-10(7-12)15(9-18)20-14-8-11(16)5-6-13(14)17/h2-8,15H,9,18H2,1H3. The number of nitrogens with two attached hydrogens (primary N) is 1. The average Bonchev–Trinajstić information content (AvgIpc) is 2.48. The minimum absolute atomic E-state index is 0.315. The van der Waals surface area contributed by atoms with Gasteiger partial charge in [0.05, 0.1) is 12.1 Å². The first kappa shape index (κ1) is 15.0. The van der Waals surface area contributed by atoms with E-state index in [4.69, 9.17) is 38.4 Å². The first-order valence-electron chi connectivity index (χ1n) is 6.09. The first-order chi connectivity index (χ1) is 9.63. The van der Waals surface area contributed by atoms with Gasteiger partial charge in [-0.3, -0.25) is 0 Å². The van der Waals surface area contributed by atoms with Gasteiger partial charge >= 0.3 is 0 Å². The zero-order valence-corrected chi connectivity index (χ0v) is 12.5. The molecule has 0 aromatic heterocycles. The van der Waals surface area contributed by atoms with Crippen molar-refractivity contribution in [2.75, 3.05) is 13.7 Å². The highest BCUT2D eigenvalue weighted by Gasteiger charge is 2.14. The van der Waals surface area contributed by atoms with E-state index in [1.165, 1.54) is 0 Å². The summed E-state index contributed by atoms with van der Waals surface area (Å²) >= 11 is 12.0. The Morgan fingerprint density at radius 1 is 1.15 bits per heavy atom. The van der Waals surface area contributed by atoms with Crippen molar-refractivity contribution in [3.05, 3.63) is 58.1 Å². The van der Waals surface area contributed by atoms with Gasteiger partial charge in [-0.15, -0.1) is 0 Å². The zero-order valence-electron chi connectivity index (χ0n) is 11.0. The second kappa shape index (κ2) is 6.84. The number of halogens is 2. The molecule has 2 aromatic rings. The van der Waals surface area contributed by atoms with Crippen LogP contribution >= 0.6 is 23.2 Å². The van der Waals surface area contributed by atoms with E-state index in [1.807, 2.05) is 24.3 Å². The molecule has 2 rings (SSSR count). The third-order valence-corrected chi connectivity index (χ3v) is 3.39. The minimum atomic E-state index is -0.318. The molecular weight excluding hydrogens is 297 g/mol. The maximum atomic E-state index is 6.09. The maximum Gasteiger partial charge on any atom is 0.140 e. The summed E-state index contributed by atoms with van der Waals surface area (Å²) in [5.74, 6) is 1.26. The second-order valence-electron chi connectivity index (χ2n) is 4.19. The summed E-state index contributed by atoms with van der Waals surface area (Å²) in [5.41, 5.74) is 6.71. The first-order valence-corrected chi connectivity index (χ1v) is 6.85. The lowest BCUT2D eigenvalue weighted by atomic mass is 10.1. The summed E-state index contributed by atoms with van der Waals surface area (Å²) in [5, 5.41) is 1.06. The van der Waals surface area contributed by atoms with Crippen molar-refractivity contribution in [3.8, 4) is 11.5 Å². The number of methoxy groups -OCH3 is 1. The van der Waals surface area contributed by atoms with Crippen LogP contribution in [0.2, 0.25) is 10.0 Å². The molecule has 0 aliphatic rings. The zero-order chi connectivity index (χ0) is 14.5. The quantitative estimate of drug-likeness (QED) is 0.904. The highest BCUT2D eigenvalue weighted by molar-refractivity contribution is 6.34. The van der Waals surface area contributed by atoms with Gasteiger partial charge in [-0.2, -0.15) is 0 Å². The van der Waals surface area contributed by atoms with Gasteiger partial charge in [-0.05, 0) is 29.8 Å². The Morgan fingerprint density at radius 3 is 2.65 bits per heavy atom. The smallest absolute Gasteiger partial charge is 0.140 e. The lowest BCUT2D eigenvalue weighted by Crippen LogP contribution is -2.18. The number of rotatable bonds is 5. The van der Waals surface area contributed by atoms with Crippen LogP contribution in [-0.4, -0.2) is 13.7 Å². The summed E-state index contributed by atoms with van der Waals surface area (Å²) in [4.78, 5) is 0. The Kier molecular flexibility index (Phi) is 5.12. The predicted octanol–water partition coefficient (Wildman–Crippen LogP) is 4.08. The summed E-state index contributed by atoms with van der Waals surface area (Å²) < 4.78 is 11.1. The summed E-state index contributed by atoms with van der Waals surface area (Å²) in [6.45, 7) is 0.315. The van der Waals surface area contributed by atoms with E-state index in [2.05, 4.69) is 0 Å². The van der Waals surface area contributed by atoms with Gasteiger partial charge in [0.15, 0.2) is 0 Å². The number of benzene rings is 2. The Morgan fingerprint density at radius 2 is 1.95 bits per heavy atom. The van der Waals surface area contributed by atoms with Crippen molar-refractivity contribution < 1.29 is 9.47 Å². The molecule has 0 saturated heterocycles. The van der Waals surface area contributed by atoms with Crippen LogP contribution in [0.4, 0.5) is 0 Å². The van der Waals surface area contributed by atoms with Gasteiger partial charge in [0.25, 0.3) is 0 Å². The molecule has 0 aliphatic heterocycles. The normalized spacial score (nSPS) is 12.0. The van der Waals surface area contributed by atoms with Crippen LogP contribution in [0.25, 0.3) is 0 Å². The molecule has 1 atom stereocenters. The van der Waals surface area contributed by atoms with E-state index < -0.39 is 0 Å². The van der Waals surface area contributed by atoms with Gasteiger partial charge < -0.3 is 15.2 Å². The molecule has 3 nitrogen and oxygen atoms in total. The Bertz CT molecular complexity index is 590. The van der Waals surface area contributed by atoms with Crippen LogP contribution in [0.1, 0.15) is 11.7 Å². The van der Waals surface area contributed by atoms with E-state index in [9.17, 15) is 0 Å². The second-order valence-corrected chi connectivity index (χ2v) is 5.04. The molecule has 0 bridgehead atoms. The molecule has 0 heterocycles. The highest BCUT2D eigenvalue weighted by Crippen LogP contribution is 2.32. The van der Waals surface area contributed by atoms with E-state index in [1.54, 1.807) is 25.3 Å². The Balaban J connectivity index is 2.26. The van der Waals surface area contributed by atoms with E-state index in [0.29, 0.717) is 22.3 Å². The Hall–Kier alpha value is -1.42. The van der Waals surface area contributed by atoms with Gasteiger partial charge in [0.2, 0.25) is 0 Å². The molecule has 0 aliphatic carbocycles. The molecule has 1 unspecified atom stereocenters. The van der Waals surface area contributed by atoms with E-state index >= 15 is 0 Å². The van der Waals surface area contributed by atoms with Crippen molar-refractivity contribution in [3.63, 3.8) is 0 Å². The fourth-order valence-corrected chi connectivity index (χ4v) is 2.14. The predicted molar refractivity (Wildman–Crippen MR) is 81.9 cm³/mol.